The normalized spacial score (nSPS) is 38.0. The van der Waals surface area contributed by atoms with Gasteiger partial charge < -0.3 is 10.6 Å². The molecular weight excluding hydrogens is 344 g/mol. The topological polar surface area (TPSA) is 41.1 Å². The van der Waals surface area contributed by atoms with Gasteiger partial charge in [0, 0.05) is 12.5 Å². The number of piperidine rings is 1. The number of fused-ring (bicyclic) bond motifs is 2. The Morgan fingerprint density at radius 3 is 2.82 bits per heavy atom. The van der Waals surface area contributed by atoms with Crippen molar-refractivity contribution in [3.63, 3.8) is 0 Å². The van der Waals surface area contributed by atoms with Crippen LogP contribution in [0.4, 0.5) is 0 Å². The van der Waals surface area contributed by atoms with Crippen molar-refractivity contribution in [3.8, 4) is 0 Å². The van der Waals surface area contributed by atoms with E-state index in [0.717, 1.165) is 25.9 Å². The van der Waals surface area contributed by atoms with E-state index in [1.807, 2.05) is 0 Å². The van der Waals surface area contributed by atoms with Gasteiger partial charge in [0.15, 0.2) is 0 Å². The van der Waals surface area contributed by atoms with Gasteiger partial charge in [-0.3, -0.25) is 4.79 Å². The number of hydrogen-bond acceptors (Lipinski definition) is 2. The van der Waals surface area contributed by atoms with E-state index in [-0.39, 0.29) is 5.91 Å². The van der Waals surface area contributed by atoms with E-state index in [1.54, 1.807) is 5.56 Å². The number of rotatable bonds is 5. The number of hydrogen-bond donors (Lipinski definition) is 2. The minimum absolute atomic E-state index is 0.272. The Morgan fingerprint density at radius 2 is 2.04 bits per heavy atom. The van der Waals surface area contributed by atoms with Crippen molar-refractivity contribution in [2.45, 2.75) is 83.1 Å². The Morgan fingerprint density at radius 1 is 1.21 bits per heavy atom. The summed E-state index contributed by atoms with van der Waals surface area (Å²) in [5.41, 5.74) is 2.34. The van der Waals surface area contributed by atoms with E-state index in [9.17, 15) is 4.79 Å². The van der Waals surface area contributed by atoms with Crippen LogP contribution < -0.4 is 10.6 Å². The summed E-state index contributed by atoms with van der Waals surface area (Å²) in [7, 11) is 0. The molecule has 28 heavy (non-hydrogen) atoms. The molecule has 0 radical (unpaired) electrons. The van der Waals surface area contributed by atoms with Crippen LogP contribution in [0, 0.1) is 17.3 Å². The molecule has 0 aromatic heterocycles. The second-order valence-corrected chi connectivity index (χ2v) is 10.4. The molecule has 2 N–H and O–H groups in total. The van der Waals surface area contributed by atoms with Crippen LogP contribution in [-0.2, 0) is 10.2 Å². The molecule has 2 saturated carbocycles. The number of nitrogens with one attached hydrogen (secondary N) is 2. The van der Waals surface area contributed by atoms with E-state index < -0.39 is 0 Å². The first-order valence-corrected chi connectivity index (χ1v) is 11.5. The Labute approximate surface area is 171 Å². The lowest BCUT2D eigenvalue weighted by atomic mass is 9.50. The van der Waals surface area contributed by atoms with Crippen molar-refractivity contribution in [1.29, 1.82) is 0 Å². The Hall–Kier alpha value is -1.35. The quantitative estimate of drug-likeness (QED) is 0.767. The van der Waals surface area contributed by atoms with Crippen LogP contribution in [0.2, 0.25) is 0 Å². The predicted octanol–water partition coefficient (Wildman–Crippen LogP) is 4.81. The van der Waals surface area contributed by atoms with Crippen molar-refractivity contribution < 1.29 is 4.79 Å². The highest BCUT2D eigenvalue weighted by atomic mass is 16.1. The van der Waals surface area contributed by atoms with Gasteiger partial charge in [0.1, 0.15) is 0 Å². The lowest BCUT2D eigenvalue weighted by Gasteiger charge is -2.54. The molecule has 1 aliphatic heterocycles. The maximum absolute atomic E-state index is 12.6. The number of amides is 1. The third-order valence-corrected chi connectivity index (χ3v) is 7.96. The Bertz CT molecular complexity index is 674. The van der Waals surface area contributed by atoms with Crippen molar-refractivity contribution in [3.05, 3.63) is 35.9 Å². The molecule has 1 heterocycles. The van der Waals surface area contributed by atoms with E-state index in [4.69, 9.17) is 0 Å². The van der Waals surface area contributed by atoms with Gasteiger partial charge in [-0.1, -0.05) is 50.6 Å². The summed E-state index contributed by atoms with van der Waals surface area (Å²) in [6.45, 7) is 6.79. The largest absolute Gasteiger partial charge is 0.353 e. The monoisotopic (exact) mass is 382 g/mol. The summed E-state index contributed by atoms with van der Waals surface area (Å²) in [4.78, 5) is 12.6. The highest BCUT2D eigenvalue weighted by Crippen LogP contribution is 2.58. The molecule has 2 bridgehead atoms. The molecule has 1 aromatic rings. The number of benzene rings is 1. The van der Waals surface area contributed by atoms with Crippen molar-refractivity contribution in [2.24, 2.45) is 17.3 Å². The molecule has 2 aliphatic carbocycles. The molecule has 1 amide bonds. The second-order valence-electron chi connectivity index (χ2n) is 10.4. The fourth-order valence-corrected chi connectivity index (χ4v) is 6.72. The van der Waals surface area contributed by atoms with Crippen LogP contribution in [0.25, 0.3) is 0 Å². The van der Waals surface area contributed by atoms with Crippen LogP contribution in [0.3, 0.4) is 0 Å². The average molecular weight is 383 g/mol. The van der Waals surface area contributed by atoms with Gasteiger partial charge in [0.05, 0.1) is 0 Å². The molecule has 1 aromatic carbocycles. The minimum atomic E-state index is 0.272. The summed E-state index contributed by atoms with van der Waals surface area (Å²) in [6.07, 6.45) is 10.7. The van der Waals surface area contributed by atoms with Crippen LogP contribution in [-0.4, -0.2) is 25.0 Å². The van der Waals surface area contributed by atoms with E-state index >= 15 is 0 Å². The van der Waals surface area contributed by atoms with Crippen LogP contribution in [0.1, 0.15) is 77.2 Å². The number of carbonyl (C=O) groups excluding carboxylic acids is 1. The minimum Gasteiger partial charge on any atom is -0.353 e. The van der Waals surface area contributed by atoms with Gasteiger partial charge >= 0.3 is 0 Å². The van der Waals surface area contributed by atoms with Crippen molar-refractivity contribution >= 4 is 5.91 Å². The summed E-state index contributed by atoms with van der Waals surface area (Å²) >= 11 is 0. The third kappa shape index (κ3) is 4.30. The van der Waals surface area contributed by atoms with E-state index in [2.05, 4.69) is 54.8 Å². The summed E-state index contributed by atoms with van der Waals surface area (Å²) in [5.74, 6) is 1.48. The fraction of sp³-hybridized carbons (Fsp3) is 0.720. The SMILES string of the molecule is CC1CNCCC1NC(=O)CCC1C[C@@]2(C)CCC[C@@](c3ccccc3)(C1)C2. The summed E-state index contributed by atoms with van der Waals surface area (Å²) in [6, 6.07) is 11.6. The smallest absolute Gasteiger partial charge is 0.220 e. The van der Waals surface area contributed by atoms with Gasteiger partial charge in [-0.2, -0.15) is 0 Å². The van der Waals surface area contributed by atoms with Crippen LogP contribution in [0.5, 0.6) is 0 Å². The van der Waals surface area contributed by atoms with Gasteiger partial charge in [0.2, 0.25) is 5.91 Å². The molecule has 4 rings (SSSR count). The maximum atomic E-state index is 12.6. The highest BCUT2D eigenvalue weighted by Gasteiger charge is 2.49. The fourth-order valence-electron chi connectivity index (χ4n) is 6.72. The molecule has 5 atom stereocenters. The molecule has 0 spiro atoms. The molecule has 154 valence electrons. The molecular formula is C25H38N2O. The molecule has 3 nitrogen and oxygen atoms in total. The first kappa shape index (κ1) is 19.9. The first-order chi connectivity index (χ1) is 13.5. The van der Waals surface area contributed by atoms with Gasteiger partial charge in [-0.15, -0.1) is 0 Å². The molecule has 3 heteroatoms. The van der Waals surface area contributed by atoms with Crippen molar-refractivity contribution in [1.82, 2.24) is 10.6 Å². The summed E-state index contributed by atoms with van der Waals surface area (Å²) in [5, 5.41) is 6.75. The molecule has 3 fully saturated rings. The first-order valence-electron chi connectivity index (χ1n) is 11.5. The number of carbonyl (C=O) groups is 1. The predicted molar refractivity (Wildman–Crippen MR) is 115 cm³/mol. The summed E-state index contributed by atoms with van der Waals surface area (Å²) < 4.78 is 0. The van der Waals surface area contributed by atoms with Crippen LogP contribution >= 0.6 is 0 Å². The maximum Gasteiger partial charge on any atom is 0.220 e. The lowest BCUT2D eigenvalue weighted by molar-refractivity contribution is -0.122. The molecule has 3 unspecified atom stereocenters. The molecule has 3 aliphatic rings. The van der Waals surface area contributed by atoms with Gasteiger partial charge in [-0.25, -0.2) is 0 Å². The molecule has 1 saturated heterocycles. The average Bonchev–Trinajstić information content (AvgIpc) is 2.68. The zero-order valence-corrected chi connectivity index (χ0v) is 17.8. The highest BCUT2D eigenvalue weighted by molar-refractivity contribution is 5.76. The Balaban J connectivity index is 1.39. The van der Waals surface area contributed by atoms with Gasteiger partial charge in [0.25, 0.3) is 0 Å². The zero-order valence-electron chi connectivity index (χ0n) is 17.8. The Kier molecular flexibility index (Phi) is 5.83. The van der Waals surface area contributed by atoms with Crippen molar-refractivity contribution in [2.75, 3.05) is 13.1 Å². The van der Waals surface area contributed by atoms with Crippen LogP contribution in [0.15, 0.2) is 30.3 Å². The van der Waals surface area contributed by atoms with E-state index in [0.29, 0.717) is 35.1 Å². The zero-order chi connectivity index (χ0) is 19.6. The lowest BCUT2D eigenvalue weighted by Crippen LogP contribution is -2.48. The van der Waals surface area contributed by atoms with E-state index in [1.165, 1.54) is 38.5 Å². The second kappa shape index (κ2) is 8.18. The third-order valence-electron chi connectivity index (χ3n) is 7.96. The standard InChI is InChI=1S/C25H38N2O/c1-19-17-26-14-11-22(19)27-23(28)10-9-20-15-24(2)12-6-13-25(16-20,18-24)21-7-4-3-5-8-21/h3-5,7-8,19-20,22,26H,6,9-18H2,1-2H3,(H,27,28)/t19?,20?,22?,24-,25-/m1/s1. The van der Waals surface area contributed by atoms with Gasteiger partial charge in [-0.05, 0) is 86.3 Å².